The van der Waals surface area contributed by atoms with Crippen molar-refractivity contribution >= 4 is 58.8 Å². The number of nitrogens with one attached hydrogen (secondary N) is 2. The van der Waals surface area contributed by atoms with E-state index >= 15 is 0 Å². The van der Waals surface area contributed by atoms with Gasteiger partial charge in [-0.05, 0) is 6.92 Å². The van der Waals surface area contributed by atoms with Gasteiger partial charge in [-0.3, -0.25) is 15.0 Å². The van der Waals surface area contributed by atoms with E-state index in [-0.39, 0.29) is 29.3 Å². The summed E-state index contributed by atoms with van der Waals surface area (Å²) < 4.78 is 3.93. The van der Waals surface area contributed by atoms with E-state index in [0.29, 0.717) is 0 Å². The number of carboxylic acids is 1. The number of carbonyl (C=O) groups is 4. The topological polar surface area (TPSA) is 166 Å². The zero-order valence-corrected chi connectivity index (χ0v) is 17.5. The molecule has 1 aromatic carbocycles. The molecule has 3 amide bonds. The number of benzene rings is 1. The number of halogens is 2. The van der Waals surface area contributed by atoms with Crippen molar-refractivity contribution in [1.29, 1.82) is 0 Å². The van der Waals surface area contributed by atoms with Gasteiger partial charge in [-0.2, -0.15) is 0 Å². The van der Waals surface area contributed by atoms with Crippen molar-refractivity contribution in [3.05, 3.63) is 21.7 Å². The van der Waals surface area contributed by atoms with Crippen LogP contribution in [0.2, 0.25) is 10.0 Å². The Bertz CT molecular complexity index is 961. The highest BCUT2D eigenvalue weighted by molar-refractivity contribution is 8.01. The Morgan fingerprint density at radius 1 is 1.33 bits per heavy atom. The Kier molecular flexibility index (Phi) is 5.85. The number of phenolic OH excluding ortho intramolecular Hbond substituents is 2. The molecule has 3 atom stereocenters. The minimum Gasteiger partial charge on any atom is -0.504 e. The monoisotopic (exact) mass is 479 g/mol. The molecule has 0 aromatic heterocycles. The zero-order valence-electron chi connectivity index (χ0n) is 15.1. The Balaban J connectivity index is 1.59. The number of aromatic hydroxyl groups is 2. The van der Waals surface area contributed by atoms with Gasteiger partial charge in [-0.25, -0.2) is 15.0 Å². The van der Waals surface area contributed by atoms with E-state index in [2.05, 4.69) is 0 Å². The Morgan fingerprint density at radius 3 is 2.60 bits per heavy atom. The molecule has 14 heteroatoms. The average molecular weight is 480 g/mol. The second-order valence-electron chi connectivity index (χ2n) is 6.70. The van der Waals surface area contributed by atoms with Crippen molar-refractivity contribution in [1.82, 2.24) is 15.8 Å². The van der Waals surface area contributed by atoms with Gasteiger partial charge in [0.15, 0.2) is 11.5 Å². The van der Waals surface area contributed by atoms with Crippen molar-refractivity contribution in [2.75, 3.05) is 6.61 Å². The van der Waals surface area contributed by atoms with Crippen LogP contribution in [0.25, 0.3) is 0 Å². The molecule has 30 heavy (non-hydrogen) atoms. The molecule has 0 spiro atoms. The van der Waals surface area contributed by atoms with E-state index in [1.165, 1.54) is 16.7 Å². The van der Waals surface area contributed by atoms with Gasteiger partial charge < -0.3 is 25.0 Å². The van der Waals surface area contributed by atoms with E-state index < -0.39 is 50.8 Å². The molecule has 2 saturated heterocycles. The maximum atomic E-state index is 12.2. The Labute approximate surface area is 183 Å². The molecule has 1 aromatic rings. The molecule has 3 rings (SSSR count). The van der Waals surface area contributed by atoms with Crippen LogP contribution in [0.3, 0.4) is 0 Å². The van der Waals surface area contributed by atoms with E-state index in [9.17, 15) is 34.5 Å². The fraction of sp³-hybridized carbons (Fsp3) is 0.375. The fourth-order valence-corrected chi connectivity index (χ4v) is 5.48. The van der Waals surface area contributed by atoms with Crippen LogP contribution in [0.5, 0.6) is 11.5 Å². The molecule has 162 valence electrons. The molecular weight excluding hydrogens is 465 g/mol. The number of ether oxygens (including phenoxy) is 1. The van der Waals surface area contributed by atoms with Gasteiger partial charge in [0.25, 0.3) is 5.91 Å². The first kappa shape index (κ1) is 22.1. The van der Waals surface area contributed by atoms with E-state index in [1.807, 2.05) is 10.9 Å². The molecule has 0 radical (unpaired) electrons. The van der Waals surface area contributed by atoms with Crippen LogP contribution in [0.4, 0.5) is 4.79 Å². The molecule has 2 heterocycles. The predicted molar refractivity (Wildman–Crippen MR) is 104 cm³/mol. The lowest BCUT2D eigenvalue weighted by Crippen LogP contribution is -2.58. The summed E-state index contributed by atoms with van der Waals surface area (Å²) in [5.74, 6) is -3.90. The summed E-state index contributed by atoms with van der Waals surface area (Å²) in [4.78, 5) is 48.7. The second kappa shape index (κ2) is 7.93. The first-order valence-electron chi connectivity index (χ1n) is 8.31. The highest BCUT2D eigenvalue weighted by atomic mass is 35.5. The standard InChI is InChI=1S/C16H15Cl2N3O8S/c1-16(12(14(26)27)21-7(23)3-8(21)30-16)4-29-15(28)20-19-13(25)9-5(17)2-6(22)11(24)10(9)18/h2,8,12,22,24H,3-4H2,1H3,(H,19,25)(H,20,28)(H,26,27)/t8-,12+,16+/m1/s1. The van der Waals surface area contributed by atoms with E-state index in [1.54, 1.807) is 6.92 Å². The first-order valence-corrected chi connectivity index (χ1v) is 9.94. The molecule has 0 bridgehead atoms. The van der Waals surface area contributed by atoms with Crippen LogP contribution >= 0.6 is 35.0 Å². The SMILES string of the molecule is C[C@@]1(COC(=O)NNC(=O)c2c(Cl)cc(O)c(O)c2Cl)S[C@@H]2CC(=O)N2[C@H]1C(=O)O. The number of hydrogen-bond donors (Lipinski definition) is 5. The van der Waals surface area contributed by atoms with Gasteiger partial charge in [-0.1, -0.05) is 23.2 Å². The van der Waals surface area contributed by atoms with E-state index in [4.69, 9.17) is 27.9 Å². The lowest BCUT2D eigenvalue weighted by atomic mass is 9.97. The molecular formula is C16H15Cl2N3O8S. The van der Waals surface area contributed by atoms with Crippen LogP contribution < -0.4 is 10.9 Å². The van der Waals surface area contributed by atoms with Gasteiger partial charge >= 0.3 is 12.1 Å². The first-order chi connectivity index (χ1) is 14.0. The third-order valence-corrected chi connectivity index (χ3v) is 6.82. The largest absolute Gasteiger partial charge is 0.504 e. The second-order valence-corrected chi connectivity index (χ2v) is 9.20. The molecule has 0 saturated carbocycles. The Morgan fingerprint density at radius 2 is 2.00 bits per heavy atom. The summed E-state index contributed by atoms with van der Waals surface area (Å²) in [6.45, 7) is 1.21. The van der Waals surface area contributed by atoms with Gasteiger partial charge in [0, 0.05) is 6.07 Å². The van der Waals surface area contributed by atoms with Crippen molar-refractivity contribution in [3.63, 3.8) is 0 Å². The van der Waals surface area contributed by atoms with Crippen molar-refractivity contribution in [3.8, 4) is 11.5 Å². The number of carbonyl (C=O) groups excluding carboxylic acids is 3. The molecule has 2 aliphatic rings. The molecule has 11 nitrogen and oxygen atoms in total. The maximum Gasteiger partial charge on any atom is 0.426 e. The number of rotatable bonds is 4. The van der Waals surface area contributed by atoms with Crippen LogP contribution in [-0.4, -0.2) is 66.9 Å². The van der Waals surface area contributed by atoms with Crippen molar-refractivity contribution in [2.45, 2.75) is 29.5 Å². The minimum absolute atomic E-state index is 0.216. The van der Waals surface area contributed by atoms with Gasteiger partial charge in [0.2, 0.25) is 5.91 Å². The normalized spacial score (nSPS) is 24.6. The Hall–Kier alpha value is -2.57. The number of amides is 3. The van der Waals surface area contributed by atoms with Crippen LogP contribution in [0, 0.1) is 0 Å². The summed E-state index contributed by atoms with van der Waals surface area (Å²) in [7, 11) is 0. The average Bonchev–Trinajstić information content (AvgIpc) is 2.90. The summed E-state index contributed by atoms with van der Waals surface area (Å²) in [5.41, 5.74) is 3.51. The summed E-state index contributed by atoms with van der Waals surface area (Å²) in [6.07, 6.45) is -0.891. The highest BCUT2D eigenvalue weighted by Crippen LogP contribution is 2.51. The minimum atomic E-state index is -1.21. The highest BCUT2D eigenvalue weighted by Gasteiger charge is 2.61. The van der Waals surface area contributed by atoms with Gasteiger partial charge in [0.05, 0.1) is 27.1 Å². The molecule has 2 fully saturated rings. The third kappa shape index (κ3) is 3.77. The molecule has 5 N–H and O–H groups in total. The number of phenols is 2. The van der Waals surface area contributed by atoms with Crippen LogP contribution in [0.1, 0.15) is 23.7 Å². The maximum absolute atomic E-state index is 12.2. The fourth-order valence-electron chi connectivity index (χ4n) is 3.19. The number of nitrogens with zero attached hydrogens (tertiary/aromatic N) is 1. The van der Waals surface area contributed by atoms with E-state index in [0.717, 1.165) is 6.07 Å². The number of hydrogen-bond acceptors (Lipinski definition) is 8. The van der Waals surface area contributed by atoms with Crippen LogP contribution in [0.15, 0.2) is 6.07 Å². The number of β-lactam (4-membered cyclic amide) rings is 1. The number of hydrazine groups is 1. The predicted octanol–water partition coefficient (Wildman–Crippen LogP) is 1.29. The lowest BCUT2D eigenvalue weighted by Gasteiger charge is -2.36. The zero-order chi connectivity index (χ0) is 22.4. The molecule has 2 aliphatic heterocycles. The third-order valence-electron chi connectivity index (χ3n) is 4.61. The molecule has 0 unspecified atom stereocenters. The summed E-state index contributed by atoms with van der Waals surface area (Å²) >= 11 is 12.8. The van der Waals surface area contributed by atoms with Gasteiger partial charge in [0.1, 0.15) is 17.7 Å². The molecule has 0 aliphatic carbocycles. The quantitative estimate of drug-likeness (QED) is 0.243. The summed E-state index contributed by atoms with van der Waals surface area (Å²) in [6, 6.07) is -0.265. The van der Waals surface area contributed by atoms with Crippen molar-refractivity contribution in [2.24, 2.45) is 0 Å². The van der Waals surface area contributed by atoms with Crippen LogP contribution in [-0.2, 0) is 14.3 Å². The number of carboxylic acid groups (broad SMARTS) is 1. The lowest BCUT2D eigenvalue weighted by molar-refractivity contribution is -0.157. The van der Waals surface area contributed by atoms with Crippen molar-refractivity contribution < 1.29 is 39.2 Å². The number of thioether (sulfide) groups is 1. The smallest absolute Gasteiger partial charge is 0.426 e. The van der Waals surface area contributed by atoms with Gasteiger partial charge in [-0.15, -0.1) is 11.8 Å². The summed E-state index contributed by atoms with van der Waals surface area (Å²) in [5, 5.41) is 27.4. The number of fused-ring (bicyclic) bond motifs is 1. The number of aliphatic carboxylic acids is 1.